The van der Waals surface area contributed by atoms with Crippen molar-refractivity contribution in [3.05, 3.63) is 41.0 Å². The molecule has 2 rings (SSSR count). The molecule has 2 aromatic rings. The largest absolute Gasteiger partial charge is 0.392 e. The first-order valence-electron chi connectivity index (χ1n) is 6.90. The summed E-state index contributed by atoms with van der Waals surface area (Å²) in [7, 11) is 1.61. The number of hydrogen-bond donors (Lipinski definition) is 2. The smallest absolute Gasteiger partial charge is 0.322 e. The molecule has 0 unspecified atom stereocenters. The number of halogens is 1. The third-order valence-electron chi connectivity index (χ3n) is 3.09. The summed E-state index contributed by atoms with van der Waals surface area (Å²) >= 11 is 6.17. The maximum absolute atomic E-state index is 12.0. The first kappa shape index (κ1) is 16.3. The van der Waals surface area contributed by atoms with Gasteiger partial charge in [-0.15, -0.1) is 5.10 Å². The minimum absolute atomic E-state index is 0.246. The molecule has 0 saturated carbocycles. The van der Waals surface area contributed by atoms with Crippen molar-refractivity contribution in [1.29, 1.82) is 0 Å². The fourth-order valence-corrected chi connectivity index (χ4v) is 2.30. The average molecular weight is 323 g/mol. The highest BCUT2D eigenvalue weighted by atomic mass is 35.5. The molecular weight excluding hydrogens is 304 g/mol. The fourth-order valence-electron chi connectivity index (χ4n) is 2.09. The van der Waals surface area contributed by atoms with Gasteiger partial charge in [-0.1, -0.05) is 23.7 Å². The topological polar surface area (TPSA) is 70.4 Å². The molecule has 1 heterocycles. The van der Waals surface area contributed by atoms with Crippen LogP contribution in [-0.2, 0) is 0 Å². The van der Waals surface area contributed by atoms with Crippen LogP contribution in [0, 0.1) is 6.92 Å². The van der Waals surface area contributed by atoms with E-state index in [0.717, 1.165) is 11.4 Å². The zero-order chi connectivity index (χ0) is 16.3. The van der Waals surface area contributed by atoms with Crippen molar-refractivity contribution in [2.75, 3.05) is 18.9 Å². The molecule has 6 nitrogen and oxygen atoms in total. The van der Waals surface area contributed by atoms with Gasteiger partial charge >= 0.3 is 6.03 Å². The number of nitrogens with zero attached hydrogens (tertiary/aromatic N) is 3. The number of para-hydroxylation sites is 1. The van der Waals surface area contributed by atoms with E-state index in [1.165, 1.54) is 4.90 Å². The summed E-state index contributed by atoms with van der Waals surface area (Å²) in [5.41, 5.74) is 1.60. The second-order valence-electron chi connectivity index (χ2n) is 5.19. The Morgan fingerprint density at radius 1 is 1.50 bits per heavy atom. The molecule has 0 saturated heterocycles. The van der Waals surface area contributed by atoms with E-state index in [4.69, 9.17) is 11.6 Å². The van der Waals surface area contributed by atoms with Gasteiger partial charge in [-0.25, -0.2) is 9.48 Å². The minimum atomic E-state index is -0.585. The molecular formula is C15H19ClN4O2. The zero-order valence-corrected chi connectivity index (χ0v) is 13.5. The normalized spacial score (nSPS) is 12.0. The number of urea groups is 1. The number of amides is 2. The number of benzene rings is 1. The highest BCUT2D eigenvalue weighted by molar-refractivity contribution is 6.32. The molecule has 22 heavy (non-hydrogen) atoms. The van der Waals surface area contributed by atoms with E-state index in [0.29, 0.717) is 10.8 Å². The van der Waals surface area contributed by atoms with Gasteiger partial charge in [0.05, 0.1) is 16.8 Å². The monoisotopic (exact) mass is 322 g/mol. The van der Waals surface area contributed by atoms with Gasteiger partial charge in [0.2, 0.25) is 0 Å². The lowest BCUT2D eigenvalue weighted by molar-refractivity contribution is 0.149. The van der Waals surface area contributed by atoms with Crippen LogP contribution >= 0.6 is 11.6 Å². The van der Waals surface area contributed by atoms with E-state index in [9.17, 15) is 9.90 Å². The van der Waals surface area contributed by atoms with Gasteiger partial charge < -0.3 is 10.0 Å². The first-order chi connectivity index (χ1) is 10.4. The number of aliphatic hydroxyl groups excluding tert-OH is 1. The summed E-state index contributed by atoms with van der Waals surface area (Å²) in [5, 5.41) is 16.9. The molecule has 0 radical (unpaired) electrons. The van der Waals surface area contributed by atoms with E-state index in [2.05, 4.69) is 10.4 Å². The van der Waals surface area contributed by atoms with Crippen molar-refractivity contribution < 1.29 is 9.90 Å². The molecule has 2 N–H and O–H groups in total. The Morgan fingerprint density at radius 2 is 2.18 bits per heavy atom. The Labute approximate surface area is 134 Å². The molecule has 1 atom stereocenters. The minimum Gasteiger partial charge on any atom is -0.392 e. The number of anilines is 1. The molecule has 0 spiro atoms. The van der Waals surface area contributed by atoms with Gasteiger partial charge in [-0.3, -0.25) is 5.32 Å². The molecule has 1 aromatic carbocycles. The quantitative estimate of drug-likeness (QED) is 0.909. The number of aryl methyl sites for hydroxylation is 1. The van der Waals surface area contributed by atoms with Crippen molar-refractivity contribution in [2.24, 2.45) is 0 Å². The summed E-state index contributed by atoms with van der Waals surface area (Å²) in [6.07, 6.45) is -0.585. The number of likely N-dealkylation sites (N-methyl/N-ethyl adjacent to an activating group) is 1. The lowest BCUT2D eigenvalue weighted by atomic mass is 10.3. The van der Waals surface area contributed by atoms with Crippen molar-refractivity contribution in [2.45, 2.75) is 20.0 Å². The van der Waals surface area contributed by atoms with Crippen molar-refractivity contribution in [1.82, 2.24) is 14.7 Å². The molecule has 0 bridgehead atoms. The third-order valence-corrected chi connectivity index (χ3v) is 3.41. The predicted octanol–water partition coefficient (Wildman–Crippen LogP) is 2.68. The van der Waals surface area contributed by atoms with Gasteiger partial charge in [-0.2, -0.15) is 0 Å². The molecule has 0 aliphatic rings. The lowest BCUT2D eigenvalue weighted by Crippen LogP contribution is -2.36. The highest BCUT2D eigenvalue weighted by Crippen LogP contribution is 2.22. The van der Waals surface area contributed by atoms with Gasteiger partial charge in [0.25, 0.3) is 0 Å². The van der Waals surface area contributed by atoms with Gasteiger partial charge in [0.1, 0.15) is 0 Å². The van der Waals surface area contributed by atoms with Crippen LogP contribution in [0.5, 0.6) is 0 Å². The van der Waals surface area contributed by atoms with E-state index < -0.39 is 6.10 Å². The van der Waals surface area contributed by atoms with Gasteiger partial charge in [0.15, 0.2) is 5.82 Å². The number of aliphatic hydroxyl groups is 1. The Morgan fingerprint density at radius 3 is 2.82 bits per heavy atom. The Bertz CT molecular complexity index is 669. The van der Waals surface area contributed by atoms with Crippen LogP contribution in [-0.4, -0.2) is 45.5 Å². The number of carbonyl (C=O) groups is 1. The standard InChI is InChI=1S/C15H19ClN4O2/c1-10-8-14(17-15(22)19(3)9-11(2)21)18-20(10)13-7-5-4-6-12(13)16/h4-8,11,21H,9H2,1-3H3,(H,17,18,22)/t11-/m1/s1. The fraction of sp³-hybridized carbons (Fsp3) is 0.333. The lowest BCUT2D eigenvalue weighted by Gasteiger charge is -2.18. The van der Waals surface area contributed by atoms with Crippen LogP contribution in [0.4, 0.5) is 10.6 Å². The number of aromatic nitrogens is 2. The SMILES string of the molecule is Cc1cc(NC(=O)N(C)C[C@@H](C)O)nn1-c1ccccc1Cl. The van der Waals surface area contributed by atoms with E-state index in [-0.39, 0.29) is 12.6 Å². The van der Waals surface area contributed by atoms with Gasteiger partial charge in [0, 0.05) is 25.4 Å². The van der Waals surface area contributed by atoms with Crippen LogP contribution < -0.4 is 5.32 Å². The third kappa shape index (κ3) is 3.78. The average Bonchev–Trinajstić information content (AvgIpc) is 2.79. The Hall–Kier alpha value is -2.05. The summed E-state index contributed by atoms with van der Waals surface area (Å²) in [5.74, 6) is 0.430. The van der Waals surface area contributed by atoms with Crippen molar-refractivity contribution >= 4 is 23.4 Å². The maximum atomic E-state index is 12.0. The van der Waals surface area contributed by atoms with Crippen LogP contribution in [0.3, 0.4) is 0 Å². The van der Waals surface area contributed by atoms with Gasteiger partial charge in [-0.05, 0) is 26.0 Å². The second-order valence-corrected chi connectivity index (χ2v) is 5.60. The van der Waals surface area contributed by atoms with Crippen LogP contribution in [0.2, 0.25) is 5.02 Å². The summed E-state index contributed by atoms with van der Waals surface area (Å²) in [4.78, 5) is 13.4. The first-order valence-corrected chi connectivity index (χ1v) is 7.28. The molecule has 2 amide bonds. The maximum Gasteiger partial charge on any atom is 0.322 e. The molecule has 1 aromatic heterocycles. The van der Waals surface area contributed by atoms with Crippen molar-refractivity contribution in [3.8, 4) is 5.69 Å². The second kappa shape index (κ2) is 6.81. The Kier molecular flexibility index (Phi) is 5.05. The summed E-state index contributed by atoms with van der Waals surface area (Å²) in [6, 6.07) is 8.79. The predicted molar refractivity (Wildman–Crippen MR) is 86.6 cm³/mol. The van der Waals surface area contributed by atoms with E-state index >= 15 is 0 Å². The molecule has 118 valence electrons. The van der Waals surface area contributed by atoms with Crippen LogP contribution in [0.25, 0.3) is 5.69 Å². The van der Waals surface area contributed by atoms with Crippen LogP contribution in [0.1, 0.15) is 12.6 Å². The molecule has 0 aliphatic carbocycles. The van der Waals surface area contributed by atoms with E-state index in [1.807, 2.05) is 25.1 Å². The number of nitrogens with one attached hydrogen (secondary N) is 1. The van der Waals surface area contributed by atoms with Crippen LogP contribution in [0.15, 0.2) is 30.3 Å². The molecule has 0 fully saturated rings. The highest BCUT2D eigenvalue weighted by Gasteiger charge is 2.14. The Balaban J connectivity index is 2.17. The number of rotatable bonds is 4. The summed E-state index contributed by atoms with van der Waals surface area (Å²) < 4.78 is 1.67. The van der Waals surface area contributed by atoms with Crippen molar-refractivity contribution in [3.63, 3.8) is 0 Å². The summed E-state index contributed by atoms with van der Waals surface area (Å²) in [6.45, 7) is 3.75. The number of carbonyl (C=O) groups excluding carboxylic acids is 1. The van der Waals surface area contributed by atoms with E-state index in [1.54, 1.807) is 30.8 Å². The molecule has 7 heteroatoms. The molecule has 0 aliphatic heterocycles. The number of hydrogen-bond acceptors (Lipinski definition) is 3. The zero-order valence-electron chi connectivity index (χ0n) is 12.7.